The van der Waals surface area contributed by atoms with Gasteiger partial charge in [0.2, 0.25) is 0 Å². The summed E-state index contributed by atoms with van der Waals surface area (Å²) < 4.78 is 46.6. The number of hydrogen-bond acceptors (Lipinski definition) is 2. The monoisotopic (exact) mass is 505 g/mol. The predicted molar refractivity (Wildman–Crippen MR) is 114 cm³/mol. The number of guanidine groups is 1. The highest BCUT2D eigenvalue weighted by Gasteiger charge is 2.42. The van der Waals surface area contributed by atoms with Crippen LogP contribution in [0, 0.1) is 17.5 Å². The van der Waals surface area contributed by atoms with Crippen LogP contribution in [0.25, 0.3) is 0 Å². The minimum absolute atomic E-state index is 0. The standard InChI is InChI=1S/C20H22F3N3O.HI/c1-11(12-7-8-18(27-3)16(23)9-12)25-20(24-2)26-17-10-13(17)19-14(21)5-4-6-15(19)22;/h4-9,11,13,17H,10H2,1-3H3,(H2,24,25,26);1H. The highest BCUT2D eigenvalue weighted by molar-refractivity contribution is 14.0. The molecule has 1 aliphatic carbocycles. The molecular formula is C20H23F3IN3O. The van der Waals surface area contributed by atoms with Crippen molar-refractivity contribution in [1.82, 2.24) is 10.6 Å². The van der Waals surface area contributed by atoms with E-state index in [1.54, 1.807) is 19.2 Å². The van der Waals surface area contributed by atoms with Crippen molar-refractivity contribution < 1.29 is 17.9 Å². The van der Waals surface area contributed by atoms with Crippen LogP contribution in [-0.2, 0) is 0 Å². The molecule has 3 rings (SSSR count). The summed E-state index contributed by atoms with van der Waals surface area (Å²) in [6, 6.07) is 8.29. The topological polar surface area (TPSA) is 45.7 Å². The zero-order valence-corrected chi connectivity index (χ0v) is 18.1. The first-order chi connectivity index (χ1) is 12.9. The van der Waals surface area contributed by atoms with Crippen LogP contribution in [0.4, 0.5) is 13.2 Å². The molecule has 1 aliphatic rings. The van der Waals surface area contributed by atoms with E-state index in [-0.39, 0.29) is 53.3 Å². The van der Waals surface area contributed by atoms with Crippen molar-refractivity contribution in [2.45, 2.75) is 31.3 Å². The Labute approximate surface area is 179 Å². The summed E-state index contributed by atoms with van der Waals surface area (Å²) in [7, 11) is 3.02. The van der Waals surface area contributed by atoms with Gasteiger partial charge in [0, 0.05) is 24.6 Å². The molecule has 2 aromatic carbocycles. The van der Waals surface area contributed by atoms with E-state index >= 15 is 0 Å². The number of benzene rings is 2. The summed E-state index contributed by atoms with van der Waals surface area (Å²) in [6.07, 6.45) is 0.615. The average molecular weight is 505 g/mol. The van der Waals surface area contributed by atoms with Crippen LogP contribution in [0.5, 0.6) is 5.75 Å². The lowest BCUT2D eigenvalue weighted by molar-refractivity contribution is 0.386. The lowest BCUT2D eigenvalue weighted by Gasteiger charge is -2.19. The number of hydrogen-bond donors (Lipinski definition) is 2. The molecule has 152 valence electrons. The summed E-state index contributed by atoms with van der Waals surface area (Å²) in [5.74, 6) is -1.07. The van der Waals surface area contributed by atoms with Gasteiger partial charge in [-0.1, -0.05) is 12.1 Å². The molecule has 2 N–H and O–H groups in total. The third kappa shape index (κ3) is 4.89. The SMILES string of the molecule is CN=C(NC(C)c1ccc(OC)c(F)c1)NC1CC1c1c(F)cccc1F.I. The van der Waals surface area contributed by atoms with E-state index < -0.39 is 17.5 Å². The van der Waals surface area contributed by atoms with Crippen molar-refractivity contribution >= 4 is 29.9 Å². The molecule has 0 amide bonds. The lowest BCUT2D eigenvalue weighted by atomic mass is 10.1. The van der Waals surface area contributed by atoms with Crippen LogP contribution in [-0.4, -0.2) is 26.2 Å². The van der Waals surface area contributed by atoms with Gasteiger partial charge in [-0.3, -0.25) is 4.99 Å². The van der Waals surface area contributed by atoms with Crippen molar-refractivity contribution in [3.05, 3.63) is 65.0 Å². The van der Waals surface area contributed by atoms with E-state index in [1.165, 1.54) is 31.4 Å². The first kappa shape index (κ1) is 22.3. The van der Waals surface area contributed by atoms with Gasteiger partial charge in [-0.25, -0.2) is 13.2 Å². The number of aliphatic imine (C=N–C) groups is 1. The summed E-state index contributed by atoms with van der Waals surface area (Å²) in [6.45, 7) is 1.87. The molecule has 0 bridgehead atoms. The Kier molecular flexibility index (Phi) is 7.56. The molecule has 0 heterocycles. The fourth-order valence-corrected chi connectivity index (χ4v) is 3.13. The molecule has 2 aromatic rings. The van der Waals surface area contributed by atoms with Crippen LogP contribution in [0.2, 0.25) is 0 Å². The van der Waals surface area contributed by atoms with E-state index in [1.807, 2.05) is 6.92 Å². The predicted octanol–water partition coefficient (Wildman–Crippen LogP) is 4.51. The van der Waals surface area contributed by atoms with Gasteiger partial charge in [0.05, 0.1) is 13.2 Å². The second-order valence-electron chi connectivity index (χ2n) is 6.56. The summed E-state index contributed by atoms with van der Waals surface area (Å²) in [4.78, 5) is 4.15. The molecule has 0 radical (unpaired) electrons. The Morgan fingerprint density at radius 1 is 1.14 bits per heavy atom. The van der Waals surface area contributed by atoms with Gasteiger partial charge in [-0.15, -0.1) is 24.0 Å². The highest BCUT2D eigenvalue weighted by Crippen LogP contribution is 2.43. The van der Waals surface area contributed by atoms with Crippen molar-refractivity contribution in [2.75, 3.05) is 14.2 Å². The molecule has 0 saturated heterocycles. The van der Waals surface area contributed by atoms with Gasteiger partial charge in [0.1, 0.15) is 11.6 Å². The van der Waals surface area contributed by atoms with E-state index in [4.69, 9.17) is 4.74 Å². The number of rotatable bonds is 5. The zero-order valence-electron chi connectivity index (χ0n) is 15.8. The maximum Gasteiger partial charge on any atom is 0.191 e. The molecule has 0 spiro atoms. The van der Waals surface area contributed by atoms with E-state index in [0.29, 0.717) is 12.4 Å². The molecule has 4 nitrogen and oxygen atoms in total. The van der Waals surface area contributed by atoms with Crippen molar-refractivity contribution in [2.24, 2.45) is 4.99 Å². The summed E-state index contributed by atoms with van der Waals surface area (Å²) in [5.41, 5.74) is 0.833. The summed E-state index contributed by atoms with van der Waals surface area (Å²) >= 11 is 0. The first-order valence-corrected chi connectivity index (χ1v) is 8.71. The first-order valence-electron chi connectivity index (χ1n) is 8.71. The van der Waals surface area contributed by atoms with Gasteiger partial charge in [-0.2, -0.15) is 0 Å². The Morgan fingerprint density at radius 3 is 2.39 bits per heavy atom. The third-order valence-electron chi connectivity index (χ3n) is 4.74. The van der Waals surface area contributed by atoms with Crippen LogP contribution < -0.4 is 15.4 Å². The van der Waals surface area contributed by atoms with Gasteiger partial charge < -0.3 is 15.4 Å². The molecule has 1 saturated carbocycles. The Bertz CT molecular complexity index is 842. The largest absolute Gasteiger partial charge is 0.494 e. The molecule has 0 aromatic heterocycles. The van der Waals surface area contributed by atoms with Crippen LogP contribution in [0.1, 0.15) is 36.4 Å². The zero-order chi connectivity index (χ0) is 19.6. The number of halogens is 4. The second kappa shape index (κ2) is 9.49. The van der Waals surface area contributed by atoms with Crippen molar-refractivity contribution in [3.8, 4) is 5.75 Å². The molecular weight excluding hydrogens is 482 g/mol. The van der Waals surface area contributed by atoms with Crippen molar-refractivity contribution in [1.29, 1.82) is 0 Å². The average Bonchev–Trinajstić information content (AvgIpc) is 3.39. The van der Waals surface area contributed by atoms with E-state index in [2.05, 4.69) is 15.6 Å². The maximum absolute atomic E-state index is 13.9. The molecule has 0 aliphatic heterocycles. The molecule has 3 atom stereocenters. The normalized spacial score (nSPS) is 19.4. The maximum atomic E-state index is 13.9. The smallest absolute Gasteiger partial charge is 0.191 e. The number of nitrogens with one attached hydrogen (secondary N) is 2. The number of ether oxygens (including phenoxy) is 1. The fraction of sp³-hybridized carbons (Fsp3) is 0.350. The van der Waals surface area contributed by atoms with Gasteiger partial charge in [0.15, 0.2) is 17.5 Å². The van der Waals surface area contributed by atoms with Crippen LogP contribution in [0.3, 0.4) is 0 Å². The van der Waals surface area contributed by atoms with Crippen LogP contribution >= 0.6 is 24.0 Å². The summed E-state index contributed by atoms with van der Waals surface area (Å²) in [5, 5.41) is 6.33. The lowest BCUT2D eigenvalue weighted by Crippen LogP contribution is -2.40. The molecule has 1 fully saturated rings. The molecule has 8 heteroatoms. The van der Waals surface area contributed by atoms with Gasteiger partial charge >= 0.3 is 0 Å². The minimum Gasteiger partial charge on any atom is -0.494 e. The van der Waals surface area contributed by atoms with Gasteiger partial charge in [-0.05, 0) is 43.2 Å². The van der Waals surface area contributed by atoms with Crippen LogP contribution in [0.15, 0.2) is 41.4 Å². The van der Waals surface area contributed by atoms with Crippen molar-refractivity contribution in [3.63, 3.8) is 0 Å². The Balaban J connectivity index is 0.00000280. The molecule has 28 heavy (non-hydrogen) atoms. The fourth-order valence-electron chi connectivity index (χ4n) is 3.13. The highest BCUT2D eigenvalue weighted by atomic mass is 127. The number of methoxy groups -OCH3 is 1. The van der Waals surface area contributed by atoms with E-state index in [0.717, 1.165) is 5.56 Å². The Morgan fingerprint density at radius 2 is 1.82 bits per heavy atom. The Hall–Kier alpha value is -1.97. The quantitative estimate of drug-likeness (QED) is 0.357. The minimum atomic E-state index is -0.533. The second-order valence-corrected chi connectivity index (χ2v) is 6.56. The number of nitrogens with zero attached hydrogens (tertiary/aromatic N) is 1. The van der Waals surface area contributed by atoms with E-state index in [9.17, 15) is 13.2 Å². The third-order valence-corrected chi connectivity index (χ3v) is 4.74. The molecule has 3 unspecified atom stereocenters. The van der Waals surface area contributed by atoms with Gasteiger partial charge in [0.25, 0.3) is 0 Å².